The number of methoxy groups -OCH3 is 1. The number of carbonyl (C=O) groups excluding carboxylic acids is 3. The van der Waals surface area contributed by atoms with Gasteiger partial charge in [0, 0.05) is 23.6 Å². The first kappa shape index (κ1) is 22.2. The quantitative estimate of drug-likeness (QED) is 0.601. The lowest BCUT2D eigenvalue weighted by Gasteiger charge is -2.10. The van der Waals surface area contributed by atoms with Gasteiger partial charge in [-0.2, -0.15) is 0 Å². The topological polar surface area (TPSA) is 93.7 Å². The van der Waals surface area contributed by atoms with E-state index >= 15 is 0 Å². The molecule has 0 atom stereocenters. The van der Waals surface area contributed by atoms with Crippen molar-refractivity contribution in [3.05, 3.63) is 53.1 Å². The van der Waals surface area contributed by atoms with Crippen molar-refractivity contribution in [2.45, 2.75) is 26.2 Å². The minimum Gasteiger partial charge on any atom is -0.495 e. The molecule has 0 fully saturated rings. The molecule has 2 aromatic carbocycles. The predicted molar refractivity (Wildman–Crippen MR) is 111 cm³/mol. The van der Waals surface area contributed by atoms with E-state index in [1.807, 2.05) is 6.92 Å². The molecule has 0 radical (unpaired) electrons. The Morgan fingerprint density at radius 3 is 2.48 bits per heavy atom. The summed E-state index contributed by atoms with van der Waals surface area (Å²) in [6, 6.07) is 12.2. The van der Waals surface area contributed by atoms with Gasteiger partial charge in [-0.05, 0) is 43.2 Å². The molecular weight excluding hydrogens is 396 g/mol. The normalized spacial score (nSPS) is 10.2. The number of aryl methyl sites for hydroxylation is 1. The number of benzene rings is 2. The maximum Gasteiger partial charge on any atom is 0.306 e. The van der Waals surface area contributed by atoms with E-state index in [1.54, 1.807) is 42.5 Å². The number of anilines is 2. The molecule has 0 heterocycles. The highest BCUT2D eigenvalue weighted by Crippen LogP contribution is 2.23. The first-order valence-corrected chi connectivity index (χ1v) is 9.41. The van der Waals surface area contributed by atoms with E-state index in [-0.39, 0.29) is 18.7 Å². The Labute approximate surface area is 174 Å². The van der Waals surface area contributed by atoms with Gasteiger partial charge in [0.25, 0.3) is 5.91 Å². The summed E-state index contributed by atoms with van der Waals surface area (Å²) >= 11 is 6.00. The smallest absolute Gasteiger partial charge is 0.306 e. The van der Waals surface area contributed by atoms with Gasteiger partial charge in [-0.3, -0.25) is 14.4 Å². The van der Waals surface area contributed by atoms with Gasteiger partial charge in [-0.25, -0.2) is 0 Å². The number of halogens is 1. The zero-order valence-corrected chi connectivity index (χ0v) is 17.0. The summed E-state index contributed by atoms with van der Waals surface area (Å²) in [4.78, 5) is 35.6. The molecule has 2 aromatic rings. The molecule has 0 saturated carbocycles. The van der Waals surface area contributed by atoms with Crippen LogP contribution in [-0.4, -0.2) is 31.5 Å². The number of amides is 2. The summed E-state index contributed by atoms with van der Waals surface area (Å²) in [5, 5.41) is 5.86. The minimum atomic E-state index is -0.549. The van der Waals surface area contributed by atoms with Gasteiger partial charge >= 0.3 is 5.97 Å². The molecule has 154 valence electrons. The van der Waals surface area contributed by atoms with E-state index in [1.165, 1.54) is 7.11 Å². The molecular formula is C21H23ClN2O5. The van der Waals surface area contributed by atoms with Crippen LogP contribution in [0.2, 0.25) is 5.02 Å². The zero-order valence-electron chi connectivity index (χ0n) is 16.3. The van der Waals surface area contributed by atoms with Crippen LogP contribution in [0.15, 0.2) is 42.5 Å². The molecule has 2 amide bonds. The number of para-hydroxylation sites is 2. The Morgan fingerprint density at radius 2 is 1.76 bits per heavy atom. The monoisotopic (exact) mass is 418 g/mol. The Kier molecular flexibility index (Phi) is 8.48. The summed E-state index contributed by atoms with van der Waals surface area (Å²) in [7, 11) is 1.52. The second kappa shape index (κ2) is 11.1. The first-order valence-electron chi connectivity index (χ1n) is 9.03. The lowest BCUT2D eigenvalue weighted by molar-refractivity contribution is -0.147. The van der Waals surface area contributed by atoms with Crippen molar-refractivity contribution in [1.82, 2.24) is 0 Å². The van der Waals surface area contributed by atoms with Crippen molar-refractivity contribution in [3.8, 4) is 5.75 Å². The number of hydrogen-bond acceptors (Lipinski definition) is 5. The van der Waals surface area contributed by atoms with E-state index in [0.717, 1.165) is 5.56 Å². The molecule has 0 bridgehead atoms. The molecule has 0 unspecified atom stereocenters. The number of carbonyl (C=O) groups is 3. The van der Waals surface area contributed by atoms with Crippen LogP contribution in [0.4, 0.5) is 11.4 Å². The van der Waals surface area contributed by atoms with E-state index < -0.39 is 18.5 Å². The average Bonchev–Trinajstić information content (AvgIpc) is 2.69. The molecule has 0 aliphatic carbocycles. The van der Waals surface area contributed by atoms with Crippen molar-refractivity contribution in [3.63, 3.8) is 0 Å². The molecule has 0 aliphatic rings. The highest BCUT2D eigenvalue weighted by Gasteiger charge is 2.11. The van der Waals surface area contributed by atoms with Gasteiger partial charge < -0.3 is 20.1 Å². The van der Waals surface area contributed by atoms with Crippen LogP contribution in [0.3, 0.4) is 0 Å². The van der Waals surface area contributed by atoms with E-state index in [2.05, 4.69) is 10.6 Å². The van der Waals surface area contributed by atoms with Crippen molar-refractivity contribution in [2.24, 2.45) is 0 Å². The Hall–Kier alpha value is -3.06. The highest BCUT2D eigenvalue weighted by molar-refractivity contribution is 6.31. The van der Waals surface area contributed by atoms with Crippen molar-refractivity contribution in [1.29, 1.82) is 0 Å². The van der Waals surface area contributed by atoms with E-state index in [4.69, 9.17) is 21.1 Å². The maximum atomic E-state index is 12.0. The van der Waals surface area contributed by atoms with Gasteiger partial charge in [0.05, 0.1) is 12.8 Å². The van der Waals surface area contributed by atoms with Crippen LogP contribution < -0.4 is 15.4 Å². The third-order valence-corrected chi connectivity index (χ3v) is 4.39. The fraction of sp³-hybridized carbons (Fsp3) is 0.286. The number of ether oxygens (including phenoxy) is 2. The van der Waals surface area contributed by atoms with Crippen LogP contribution in [0.1, 0.15) is 24.8 Å². The molecule has 29 heavy (non-hydrogen) atoms. The largest absolute Gasteiger partial charge is 0.495 e. The lowest BCUT2D eigenvalue weighted by Crippen LogP contribution is -2.21. The summed E-state index contributed by atoms with van der Waals surface area (Å²) in [6.07, 6.45) is 0.471. The summed E-state index contributed by atoms with van der Waals surface area (Å²) in [5.41, 5.74) is 1.98. The van der Waals surface area contributed by atoms with Crippen molar-refractivity contribution >= 4 is 40.8 Å². The second-order valence-corrected chi connectivity index (χ2v) is 6.68. The summed E-state index contributed by atoms with van der Waals surface area (Å²) in [6.45, 7) is 1.45. The number of rotatable bonds is 9. The number of hydrogen-bond donors (Lipinski definition) is 2. The lowest BCUT2D eigenvalue weighted by atomic mass is 10.2. The number of esters is 1. The average molecular weight is 419 g/mol. The SMILES string of the molecule is COc1ccccc1NC(=O)CCCC(=O)OCC(=O)Nc1ccc(C)c(Cl)c1. The number of nitrogens with one attached hydrogen (secondary N) is 2. The third-order valence-electron chi connectivity index (χ3n) is 3.99. The van der Waals surface area contributed by atoms with Crippen LogP contribution in [0.5, 0.6) is 5.75 Å². The van der Waals surface area contributed by atoms with Gasteiger partial charge in [0.1, 0.15) is 5.75 Å². The van der Waals surface area contributed by atoms with Gasteiger partial charge in [-0.15, -0.1) is 0 Å². The Morgan fingerprint density at radius 1 is 1.00 bits per heavy atom. The van der Waals surface area contributed by atoms with Crippen LogP contribution in [-0.2, 0) is 19.1 Å². The zero-order chi connectivity index (χ0) is 21.2. The highest BCUT2D eigenvalue weighted by atomic mass is 35.5. The standard InChI is InChI=1S/C21H23ClN2O5/c1-14-10-11-15(12-16(14)22)23-20(26)13-29-21(27)9-5-8-19(25)24-17-6-3-4-7-18(17)28-2/h3-4,6-7,10-12H,5,8-9,13H2,1-2H3,(H,23,26)(H,24,25). The maximum absolute atomic E-state index is 12.0. The second-order valence-electron chi connectivity index (χ2n) is 6.27. The molecule has 8 heteroatoms. The fourth-order valence-corrected chi connectivity index (χ4v) is 2.62. The predicted octanol–water partition coefficient (Wildman–Crippen LogP) is 3.95. The Bertz CT molecular complexity index is 885. The summed E-state index contributed by atoms with van der Waals surface area (Å²) < 4.78 is 10.1. The molecule has 2 N–H and O–H groups in total. The summed E-state index contributed by atoms with van der Waals surface area (Å²) in [5.74, 6) is -0.697. The van der Waals surface area contributed by atoms with Crippen LogP contribution >= 0.6 is 11.6 Å². The minimum absolute atomic E-state index is 0.0307. The van der Waals surface area contributed by atoms with Gasteiger partial charge in [0.2, 0.25) is 5.91 Å². The first-order chi connectivity index (χ1) is 13.9. The van der Waals surface area contributed by atoms with Crippen LogP contribution in [0, 0.1) is 6.92 Å². The Balaban J connectivity index is 1.66. The van der Waals surface area contributed by atoms with E-state index in [9.17, 15) is 14.4 Å². The van der Waals surface area contributed by atoms with Crippen molar-refractivity contribution < 1.29 is 23.9 Å². The molecule has 0 saturated heterocycles. The molecule has 0 spiro atoms. The van der Waals surface area contributed by atoms with Gasteiger partial charge in [0.15, 0.2) is 6.61 Å². The van der Waals surface area contributed by atoms with E-state index in [0.29, 0.717) is 28.6 Å². The van der Waals surface area contributed by atoms with Crippen LogP contribution in [0.25, 0.3) is 0 Å². The fourth-order valence-electron chi connectivity index (χ4n) is 2.44. The molecule has 0 aliphatic heterocycles. The molecule has 2 rings (SSSR count). The van der Waals surface area contributed by atoms with Gasteiger partial charge in [-0.1, -0.05) is 29.8 Å². The molecule has 7 nitrogen and oxygen atoms in total. The molecule has 0 aromatic heterocycles. The third kappa shape index (κ3) is 7.46. The van der Waals surface area contributed by atoms with Crippen molar-refractivity contribution in [2.75, 3.05) is 24.4 Å².